The van der Waals surface area contributed by atoms with Crippen molar-refractivity contribution in [3.8, 4) is 0 Å². The number of nitrogens with zero attached hydrogens (tertiary/aromatic N) is 2. The number of rotatable bonds is 9. The zero-order valence-electron chi connectivity index (χ0n) is 19.9. The summed E-state index contributed by atoms with van der Waals surface area (Å²) < 4.78 is 0. The Morgan fingerprint density at radius 1 is 0.933 bits per heavy atom. The van der Waals surface area contributed by atoms with Crippen LogP contribution in [0.3, 0.4) is 0 Å². The van der Waals surface area contributed by atoms with Crippen LogP contribution < -0.4 is 5.32 Å². The Morgan fingerprint density at radius 2 is 1.70 bits per heavy atom. The van der Waals surface area contributed by atoms with Gasteiger partial charge in [0.1, 0.15) is 5.82 Å². The van der Waals surface area contributed by atoms with Gasteiger partial charge >= 0.3 is 0 Å². The lowest BCUT2D eigenvalue weighted by atomic mass is 9.94. The van der Waals surface area contributed by atoms with Crippen molar-refractivity contribution in [2.75, 3.05) is 31.5 Å². The van der Waals surface area contributed by atoms with Crippen LogP contribution in [0.2, 0.25) is 0 Å². The Balaban J connectivity index is 0.00000124. The largest absolute Gasteiger partial charge is 0.370 e. The van der Waals surface area contributed by atoms with Crippen LogP contribution in [0.15, 0.2) is 12.1 Å². The minimum atomic E-state index is 1.02. The molecule has 0 spiro atoms. The summed E-state index contributed by atoms with van der Waals surface area (Å²) in [5.41, 5.74) is 7.34. The average molecular weight is 410 g/mol. The third-order valence-electron chi connectivity index (χ3n) is 6.67. The van der Waals surface area contributed by atoms with Gasteiger partial charge in [-0.15, -0.1) is 0 Å². The molecule has 1 aliphatic carbocycles. The minimum Gasteiger partial charge on any atom is -0.370 e. The van der Waals surface area contributed by atoms with Crippen LogP contribution in [-0.4, -0.2) is 36.1 Å². The van der Waals surface area contributed by atoms with Crippen molar-refractivity contribution in [3.05, 3.63) is 34.4 Å². The molecule has 1 N–H and O–H groups in total. The highest BCUT2D eigenvalue weighted by Gasteiger charge is 2.20. The van der Waals surface area contributed by atoms with Crippen LogP contribution >= 0.6 is 0 Å². The molecule has 0 amide bonds. The molecule has 1 aromatic carbocycles. The number of fused-ring (bicyclic) bond motifs is 3. The summed E-state index contributed by atoms with van der Waals surface area (Å²) in [6.45, 7) is 13.5. The smallest absolute Gasteiger partial charge is 0.130 e. The molecule has 0 unspecified atom stereocenters. The average Bonchev–Trinajstić information content (AvgIpc) is 3.48. The molecule has 2 aromatic rings. The number of pyridine rings is 1. The van der Waals surface area contributed by atoms with E-state index in [0.29, 0.717) is 0 Å². The van der Waals surface area contributed by atoms with Crippen molar-refractivity contribution in [2.45, 2.75) is 91.9 Å². The molecule has 0 atom stereocenters. The first-order valence-electron chi connectivity index (χ1n) is 12.7. The van der Waals surface area contributed by atoms with Gasteiger partial charge in [0.15, 0.2) is 0 Å². The Bertz CT molecular complexity index is 806. The van der Waals surface area contributed by atoms with E-state index >= 15 is 0 Å². The van der Waals surface area contributed by atoms with Crippen molar-refractivity contribution in [1.29, 1.82) is 0 Å². The lowest BCUT2D eigenvalue weighted by Crippen LogP contribution is -2.20. The molecule has 2 heterocycles. The monoisotopic (exact) mass is 409 g/mol. The number of unbranched alkanes of at least 4 members (excludes halogenated alkanes) is 1. The molecule has 0 saturated carbocycles. The van der Waals surface area contributed by atoms with E-state index in [4.69, 9.17) is 4.98 Å². The van der Waals surface area contributed by atoms with Gasteiger partial charge in [-0.1, -0.05) is 27.7 Å². The third-order valence-corrected chi connectivity index (χ3v) is 6.67. The summed E-state index contributed by atoms with van der Waals surface area (Å²) in [4.78, 5) is 7.73. The maximum atomic E-state index is 5.09. The van der Waals surface area contributed by atoms with Crippen LogP contribution in [0, 0.1) is 0 Å². The molecular weight excluding hydrogens is 366 g/mol. The van der Waals surface area contributed by atoms with Gasteiger partial charge in [0.05, 0.1) is 5.52 Å². The molecule has 0 bridgehead atoms. The number of hydrogen-bond donors (Lipinski definition) is 1. The normalized spacial score (nSPS) is 15.9. The molecule has 1 saturated heterocycles. The summed E-state index contributed by atoms with van der Waals surface area (Å²) in [7, 11) is 0. The van der Waals surface area contributed by atoms with Crippen LogP contribution in [0.1, 0.15) is 88.5 Å². The van der Waals surface area contributed by atoms with Gasteiger partial charge in [-0.05, 0) is 118 Å². The van der Waals surface area contributed by atoms with E-state index in [2.05, 4.69) is 36.2 Å². The summed E-state index contributed by atoms with van der Waals surface area (Å²) in [5, 5.41) is 5.03. The topological polar surface area (TPSA) is 28.2 Å². The van der Waals surface area contributed by atoms with Crippen molar-refractivity contribution >= 4 is 16.7 Å². The third kappa shape index (κ3) is 5.35. The highest BCUT2D eigenvalue weighted by molar-refractivity contribution is 5.88. The Hall–Kier alpha value is -1.61. The zero-order chi connectivity index (χ0) is 21.3. The van der Waals surface area contributed by atoms with Gasteiger partial charge in [-0.3, -0.25) is 0 Å². The summed E-state index contributed by atoms with van der Waals surface area (Å²) in [6, 6.07) is 4.89. The van der Waals surface area contributed by atoms with E-state index in [0.717, 1.165) is 25.2 Å². The lowest BCUT2D eigenvalue weighted by molar-refractivity contribution is 0.330. The highest BCUT2D eigenvalue weighted by Crippen LogP contribution is 2.35. The van der Waals surface area contributed by atoms with E-state index in [-0.39, 0.29) is 0 Å². The first kappa shape index (κ1) is 23.1. The SMILES string of the molecule is CC.CCCNc1nc2cc(CCCCN3CCCC3)c(CC)cc2c2c1CCC2. The molecule has 1 fully saturated rings. The fourth-order valence-corrected chi connectivity index (χ4v) is 5.11. The molecular formula is C27H43N3. The molecule has 3 heteroatoms. The predicted octanol–water partition coefficient (Wildman–Crippen LogP) is 6.55. The van der Waals surface area contributed by atoms with Crippen LogP contribution in [0.5, 0.6) is 0 Å². The number of aryl methyl sites for hydroxylation is 3. The Morgan fingerprint density at radius 3 is 2.43 bits per heavy atom. The molecule has 4 rings (SSSR count). The van der Waals surface area contributed by atoms with Gasteiger partial charge in [0.25, 0.3) is 0 Å². The fourth-order valence-electron chi connectivity index (χ4n) is 5.11. The van der Waals surface area contributed by atoms with Crippen LogP contribution in [-0.2, 0) is 25.7 Å². The maximum Gasteiger partial charge on any atom is 0.130 e. The van der Waals surface area contributed by atoms with Crippen molar-refractivity contribution < 1.29 is 0 Å². The zero-order valence-corrected chi connectivity index (χ0v) is 19.9. The molecule has 1 aliphatic heterocycles. The lowest BCUT2D eigenvalue weighted by Gasteiger charge is -2.17. The number of aromatic nitrogens is 1. The maximum absolute atomic E-state index is 5.09. The Labute approximate surface area is 184 Å². The number of benzene rings is 1. The minimum absolute atomic E-state index is 1.02. The van der Waals surface area contributed by atoms with E-state index in [1.54, 1.807) is 11.1 Å². The molecule has 0 radical (unpaired) electrons. The van der Waals surface area contributed by atoms with Crippen molar-refractivity contribution in [1.82, 2.24) is 9.88 Å². The summed E-state index contributed by atoms with van der Waals surface area (Å²) >= 11 is 0. The standard InChI is InChI=1S/C25H37N3.C2H6/c1-3-13-26-25-22-12-9-11-21(22)23-17-19(4-2)20(18-24(23)27-25)10-5-6-14-28-15-7-8-16-28;1-2/h17-18H,3-16H2,1-2H3,(H,26,27);1-2H3. The Kier molecular flexibility index (Phi) is 8.99. The second kappa shape index (κ2) is 11.7. The molecule has 2 aliphatic rings. The van der Waals surface area contributed by atoms with Crippen molar-refractivity contribution in [2.24, 2.45) is 0 Å². The number of likely N-dealkylation sites (tertiary alicyclic amines) is 1. The van der Waals surface area contributed by atoms with Crippen LogP contribution in [0.25, 0.3) is 10.9 Å². The van der Waals surface area contributed by atoms with E-state index in [1.165, 1.54) is 93.0 Å². The summed E-state index contributed by atoms with van der Waals surface area (Å²) in [5.74, 6) is 1.16. The van der Waals surface area contributed by atoms with Gasteiger partial charge in [-0.25, -0.2) is 4.98 Å². The van der Waals surface area contributed by atoms with E-state index in [1.807, 2.05) is 13.8 Å². The predicted molar refractivity (Wildman–Crippen MR) is 132 cm³/mol. The quantitative estimate of drug-likeness (QED) is 0.476. The second-order valence-corrected chi connectivity index (χ2v) is 8.70. The van der Waals surface area contributed by atoms with Crippen LogP contribution in [0.4, 0.5) is 5.82 Å². The number of hydrogen-bond acceptors (Lipinski definition) is 3. The second-order valence-electron chi connectivity index (χ2n) is 8.70. The van der Waals surface area contributed by atoms with Crippen molar-refractivity contribution in [3.63, 3.8) is 0 Å². The van der Waals surface area contributed by atoms with Gasteiger partial charge in [0.2, 0.25) is 0 Å². The first-order valence-corrected chi connectivity index (χ1v) is 12.7. The van der Waals surface area contributed by atoms with Gasteiger partial charge in [0, 0.05) is 11.9 Å². The molecule has 30 heavy (non-hydrogen) atoms. The highest BCUT2D eigenvalue weighted by atomic mass is 15.1. The molecule has 3 nitrogen and oxygen atoms in total. The molecule has 166 valence electrons. The van der Waals surface area contributed by atoms with Gasteiger partial charge in [-0.2, -0.15) is 0 Å². The summed E-state index contributed by atoms with van der Waals surface area (Å²) in [6.07, 6.45) is 12.6. The number of anilines is 1. The fraction of sp³-hybridized carbons (Fsp3) is 0.667. The van der Waals surface area contributed by atoms with E-state index in [9.17, 15) is 0 Å². The van der Waals surface area contributed by atoms with Gasteiger partial charge < -0.3 is 10.2 Å². The molecule has 1 aromatic heterocycles. The van der Waals surface area contributed by atoms with E-state index < -0.39 is 0 Å². The number of nitrogens with one attached hydrogen (secondary N) is 1. The first-order chi connectivity index (χ1) is 14.8.